The standard InChI is InChI=1S/C14H21N/c1-12(10-11-15)4-3-5-14-8-6-13(2)7-9-14/h6-9H,1,3-5,10-11,15H2,2H3. The maximum atomic E-state index is 5.47. The molecule has 0 atom stereocenters. The zero-order valence-electron chi connectivity index (χ0n) is 9.63. The topological polar surface area (TPSA) is 26.0 Å². The summed E-state index contributed by atoms with van der Waals surface area (Å²) in [6.07, 6.45) is 4.39. The monoisotopic (exact) mass is 203 g/mol. The van der Waals surface area contributed by atoms with Crippen molar-refractivity contribution < 1.29 is 0 Å². The molecule has 0 fully saturated rings. The van der Waals surface area contributed by atoms with E-state index in [1.807, 2.05) is 0 Å². The van der Waals surface area contributed by atoms with Gasteiger partial charge in [0.05, 0.1) is 0 Å². The highest BCUT2D eigenvalue weighted by Crippen LogP contribution is 2.11. The lowest BCUT2D eigenvalue weighted by Crippen LogP contribution is -2.00. The molecule has 0 aliphatic heterocycles. The average Bonchev–Trinajstić information content (AvgIpc) is 2.21. The van der Waals surface area contributed by atoms with Crippen LogP contribution in [0.5, 0.6) is 0 Å². The summed E-state index contributed by atoms with van der Waals surface area (Å²) in [4.78, 5) is 0. The predicted octanol–water partition coefficient (Wildman–Crippen LogP) is 3.22. The first kappa shape index (κ1) is 12.0. The zero-order valence-corrected chi connectivity index (χ0v) is 9.63. The van der Waals surface area contributed by atoms with E-state index in [0.717, 1.165) is 25.8 Å². The van der Waals surface area contributed by atoms with Gasteiger partial charge in [0.1, 0.15) is 0 Å². The molecule has 0 unspecified atom stereocenters. The SMILES string of the molecule is C=C(CCN)CCCc1ccc(C)cc1. The Kier molecular flexibility index (Phi) is 5.13. The van der Waals surface area contributed by atoms with Crippen LogP contribution in [0.2, 0.25) is 0 Å². The van der Waals surface area contributed by atoms with Crippen molar-refractivity contribution in [1.29, 1.82) is 0 Å². The number of rotatable bonds is 6. The van der Waals surface area contributed by atoms with E-state index in [9.17, 15) is 0 Å². The average molecular weight is 203 g/mol. The van der Waals surface area contributed by atoms with E-state index < -0.39 is 0 Å². The second-order valence-corrected chi connectivity index (χ2v) is 4.13. The first-order valence-electron chi connectivity index (χ1n) is 5.64. The van der Waals surface area contributed by atoms with E-state index in [-0.39, 0.29) is 0 Å². The summed E-state index contributed by atoms with van der Waals surface area (Å²) >= 11 is 0. The van der Waals surface area contributed by atoms with Gasteiger partial charge in [0.15, 0.2) is 0 Å². The van der Waals surface area contributed by atoms with Gasteiger partial charge in [-0.1, -0.05) is 42.0 Å². The molecule has 1 rings (SSSR count). The van der Waals surface area contributed by atoms with E-state index in [1.165, 1.54) is 23.1 Å². The molecule has 1 aromatic carbocycles. The smallest absolute Gasteiger partial charge is 0.00400 e. The van der Waals surface area contributed by atoms with Crippen LogP contribution < -0.4 is 5.73 Å². The molecular weight excluding hydrogens is 182 g/mol. The highest BCUT2D eigenvalue weighted by Gasteiger charge is 1.96. The first-order valence-corrected chi connectivity index (χ1v) is 5.64. The van der Waals surface area contributed by atoms with Gasteiger partial charge in [0.2, 0.25) is 0 Å². The fourth-order valence-corrected chi connectivity index (χ4v) is 1.63. The van der Waals surface area contributed by atoms with Crippen LogP contribution in [0.25, 0.3) is 0 Å². The summed E-state index contributed by atoms with van der Waals surface area (Å²) in [5.41, 5.74) is 9.49. The lowest BCUT2D eigenvalue weighted by molar-refractivity contribution is 0.773. The second kappa shape index (κ2) is 6.41. The number of aryl methyl sites for hydroxylation is 2. The Morgan fingerprint density at radius 2 is 1.87 bits per heavy atom. The number of nitrogens with two attached hydrogens (primary N) is 1. The summed E-state index contributed by atoms with van der Waals surface area (Å²) < 4.78 is 0. The van der Waals surface area contributed by atoms with Crippen molar-refractivity contribution in [2.24, 2.45) is 5.73 Å². The van der Waals surface area contributed by atoms with E-state index in [2.05, 4.69) is 37.8 Å². The molecule has 0 bridgehead atoms. The molecule has 0 radical (unpaired) electrons. The summed E-state index contributed by atoms with van der Waals surface area (Å²) in [7, 11) is 0. The van der Waals surface area contributed by atoms with Gasteiger partial charge in [-0.2, -0.15) is 0 Å². The molecule has 0 aromatic heterocycles. The maximum Gasteiger partial charge on any atom is -0.00400 e. The fraction of sp³-hybridized carbons (Fsp3) is 0.429. The van der Waals surface area contributed by atoms with Gasteiger partial charge in [-0.15, -0.1) is 0 Å². The molecule has 15 heavy (non-hydrogen) atoms. The Morgan fingerprint density at radius 3 is 2.47 bits per heavy atom. The van der Waals surface area contributed by atoms with Gasteiger partial charge in [0, 0.05) is 0 Å². The van der Waals surface area contributed by atoms with Gasteiger partial charge in [-0.05, 0) is 44.7 Å². The van der Waals surface area contributed by atoms with E-state index in [0.29, 0.717) is 0 Å². The van der Waals surface area contributed by atoms with E-state index in [1.54, 1.807) is 0 Å². The van der Waals surface area contributed by atoms with Crippen LogP contribution in [-0.2, 0) is 6.42 Å². The molecule has 0 aliphatic carbocycles. The Bertz CT molecular complexity index is 298. The lowest BCUT2D eigenvalue weighted by Gasteiger charge is -2.04. The quantitative estimate of drug-likeness (QED) is 0.706. The van der Waals surface area contributed by atoms with Crippen LogP contribution in [0.15, 0.2) is 36.4 Å². The molecule has 0 amide bonds. The molecule has 0 saturated carbocycles. The van der Waals surface area contributed by atoms with Crippen molar-refractivity contribution in [3.63, 3.8) is 0 Å². The molecule has 1 aromatic rings. The zero-order chi connectivity index (χ0) is 11.1. The number of hydrogen-bond donors (Lipinski definition) is 1. The Balaban J connectivity index is 2.26. The Labute approximate surface area is 93.0 Å². The Morgan fingerprint density at radius 1 is 1.20 bits per heavy atom. The van der Waals surface area contributed by atoms with E-state index in [4.69, 9.17) is 5.73 Å². The van der Waals surface area contributed by atoms with Gasteiger partial charge in [0.25, 0.3) is 0 Å². The highest BCUT2D eigenvalue weighted by atomic mass is 14.5. The van der Waals surface area contributed by atoms with Crippen LogP contribution >= 0.6 is 0 Å². The van der Waals surface area contributed by atoms with Crippen LogP contribution in [0.3, 0.4) is 0 Å². The number of hydrogen-bond acceptors (Lipinski definition) is 1. The van der Waals surface area contributed by atoms with Crippen molar-refractivity contribution in [3.8, 4) is 0 Å². The highest BCUT2D eigenvalue weighted by molar-refractivity contribution is 5.21. The summed E-state index contributed by atoms with van der Waals surface area (Å²) in [5.74, 6) is 0. The van der Waals surface area contributed by atoms with Crippen LogP contribution in [0, 0.1) is 6.92 Å². The van der Waals surface area contributed by atoms with Gasteiger partial charge in [-0.25, -0.2) is 0 Å². The largest absolute Gasteiger partial charge is 0.330 e. The minimum atomic E-state index is 0.726. The third kappa shape index (κ3) is 4.80. The van der Waals surface area contributed by atoms with Crippen molar-refractivity contribution in [2.75, 3.05) is 6.54 Å². The normalized spacial score (nSPS) is 10.3. The van der Waals surface area contributed by atoms with Gasteiger partial charge < -0.3 is 5.73 Å². The van der Waals surface area contributed by atoms with Crippen molar-refractivity contribution in [3.05, 3.63) is 47.5 Å². The van der Waals surface area contributed by atoms with Crippen molar-refractivity contribution in [2.45, 2.75) is 32.6 Å². The Hall–Kier alpha value is -1.08. The van der Waals surface area contributed by atoms with Gasteiger partial charge >= 0.3 is 0 Å². The van der Waals surface area contributed by atoms with Crippen molar-refractivity contribution in [1.82, 2.24) is 0 Å². The van der Waals surface area contributed by atoms with Crippen LogP contribution in [0.4, 0.5) is 0 Å². The van der Waals surface area contributed by atoms with Crippen LogP contribution in [-0.4, -0.2) is 6.54 Å². The fourth-order valence-electron chi connectivity index (χ4n) is 1.63. The third-order valence-corrected chi connectivity index (χ3v) is 2.61. The first-order chi connectivity index (χ1) is 7.22. The molecular formula is C14H21N. The predicted molar refractivity (Wildman–Crippen MR) is 66.9 cm³/mol. The molecule has 2 N–H and O–H groups in total. The lowest BCUT2D eigenvalue weighted by atomic mass is 10.0. The summed E-state index contributed by atoms with van der Waals surface area (Å²) in [6.45, 7) is 6.85. The third-order valence-electron chi connectivity index (χ3n) is 2.61. The molecule has 82 valence electrons. The van der Waals surface area contributed by atoms with Crippen molar-refractivity contribution >= 4 is 0 Å². The molecule has 0 spiro atoms. The number of benzene rings is 1. The molecule has 0 aliphatic rings. The summed E-state index contributed by atoms with van der Waals surface area (Å²) in [5, 5.41) is 0. The van der Waals surface area contributed by atoms with E-state index >= 15 is 0 Å². The molecule has 1 nitrogen and oxygen atoms in total. The van der Waals surface area contributed by atoms with Gasteiger partial charge in [-0.3, -0.25) is 0 Å². The maximum absolute atomic E-state index is 5.47. The minimum absolute atomic E-state index is 0.726. The second-order valence-electron chi connectivity index (χ2n) is 4.13. The van der Waals surface area contributed by atoms with Crippen LogP contribution in [0.1, 0.15) is 30.4 Å². The molecule has 0 heterocycles. The molecule has 1 heteroatoms. The minimum Gasteiger partial charge on any atom is -0.330 e. The molecule has 0 saturated heterocycles. The summed E-state index contributed by atoms with van der Waals surface area (Å²) in [6, 6.07) is 8.76.